The fourth-order valence-corrected chi connectivity index (χ4v) is 2.20. The largest absolute Gasteiger partial charge is 0.493 e. The van der Waals surface area contributed by atoms with Gasteiger partial charge in [0, 0.05) is 35.6 Å². The molecule has 2 N–H and O–H groups in total. The second-order valence-electron chi connectivity index (χ2n) is 5.13. The van der Waals surface area contributed by atoms with Crippen molar-refractivity contribution in [3.05, 3.63) is 46.5 Å². The molecule has 10 heteroatoms. The highest BCUT2D eigenvalue weighted by Gasteiger charge is 2.18. The molecular formula is C17H17N3O7. The van der Waals surface area contributed by atoms with Crippen LogP contribution in [0.15, 0.2) is 36.4 Å². The van der Waals surface area contributed by atoms with Gasteiger partial charge in [-0.25, -0.2) is 0 Å². The van der Waals surface area contributed by atoms with Gasteiger partial charge in [0.15, 0.2) is 11.5 Å². The Hall–Kier alpha value is -3.82. The maximum Gasteiger partial charge on any atom is 0.314 e. The number of nitro groups is 1. The quantitative estimate of drug-likeness (QED) is 0.450. The summed E-state index contributed by atoms with van der Waals surface area (Å²) < 4.78 is 15.5. The number of nitrogens with zero attached hydrogens (tertiary/aromatic N) is 1. The number of nitro benzene ring substituents is 1. The first-order chi connectivity index (χ1) is 12.9. The first kappa shape index (κ1) is 19.5. The molecule has 27 heavy (non-hydrogen) atoms. The van der Waals surface area contributed by atoms with Crippen LogP contribution in [-0.2, 0) is 9.59 Å². The second kappa shape index (κ2) is 8.52. The third-order valence-corrected chi connectivity index (χ3v) is 3.46. The van der Waals surface area contributed by atoms with Crippen LogP contribution in [0.2, 0.25) is 0 Å². The zero-order valence-corrected chi connectivity index (χ0v) is 14.8. The summed E-state index contributed by atoms with van der Waals surface area (Å²) in [4.78, 5) is 34.2. The van der Waals surface area contributed by atoms with E-state index in [0.29, 0.717) is 17.2 Å². The van der Waals surface area contributed by atoms with Gasteiger partial charge in [-0.3, -0.25) is 19.7 Å². The molecule has 0 bridgehead atoms. The summed E-state index contributed by atoms with van der Waals surface area (Å²) in [6.07, 6.45) is 0. The van der Waals surface area contributed by atoms with E-state index in [9.17, 15) is 19.7 Å². The number of amides is 2. The number of benzene rings is 2. The van der Waals surface area contributed by atoms with Gasteiger partial charge in [-0.05, 0) is 12.1 Å². The van der Waals surface area contributed by atoms with Gasteiger partial charge in [0.2, 0.25) is 5.75 Å². The third-order valence-electron chi connectivity index (χ3n) is 3.46. The lowest BCUT2D eigenvalue weighted by molar-refractivity contribution is -0.384. The SMILES string of the molecule is COc1cc(NC(=O)C(=O)Nc2ccc([N+](=O)[O-])cc2)cc(OC)c1OC. The monoisotopic (exact) mass is 375 g/mol. The molecule has 0 atom stereocenters. The maximum absolute atomic E-state index is 12.1. The lowest BCUT2D eigenvalue weighted by Crippen LogP contribution is -2.29. The van der Waals surface area contributed by atoms with Crippen LogP contribution in [0.4, 0.5) is 17.1 Å². The van der Waals surface area contributed by atoms with E-state index >= 15 is 0 Å². The molecule has 0 fully saturated rings. The van der Waals surface area contributed by atoms with Crippen molar-refractivity contribution < 1.29 is 28.7 Å². The second-order valence-corrected chi connectivity index (χ2v) is 5.13. The fraction of sp³-hybridized carbons (Fsp3) is 0.176. The molecule has 142 valence electrons. The van der Waals surface area contributed by atoms with Crippen LogP contribution in [0.5, 0.6) is 17.2 Å². The van der Waals surface area contributed by atoms with Gasteiger partial charge in [0.1, 0.15) is 0 Å². The first-order valence-corrected chi connectivity index (χ1v) is 7.56. The van der Waals surface area contributed by atoms with Crippen LogP contribution in [0, 0.1) is 10.1 Å². The number of non-ortho nitro benzene ring substituents is 1. The van der Waals surface area contributed by atoms with Crippen LogP contribution >= 0.6 is 0 Å². The maximum atomic E-state index is 12.1. The molecule has 0 spiro atoms. The minimum atomic E-state index is -0.947. The van der Waals surface area contributed by atoms with Gasteiger partial charge < -0.3 is 24.8 Å². The number of carbonyl (C=O) groups is 2. The number of hydrogen-bond donors (Lipinski definition) is 2. The predicted molar refractivity (Wildman–Crippen MR) is 96.5 cm³/mol. The van der Waals surface area contributed by atoms with E-state index in [4.69, 9.17) is 14.2 Å². The third kappa shape index (κ3) is 4.63. The summed E-state index contributed by atoms with van der Waals surface area (Å²) in [6, 6.07) is 8.02. The van der Waals surface area contributed by atoms with Crippen LogP contribution in [0.3, 0.4) is 0 Å². The van der Waals surface area contributed by atoms with E-state index in [-0.39, 0.29) is 17.1 Å². The zero-order chi connectivity index (χ0) is 20.0. The van der Waals surface area contributed by atoms with Crippen LogP contribution in [0.25, 0.3) is 0 Å². The predicted octanol–water partition coefficient (Wildman–Crippen LogP) is 2.20. The van der Waals surface area contributed by atoms with E-state index < -0.39 is 16.7 Å². The van der Waals surface area contributed by atoms with E-state index in [0.717, 1.165) is 0 Å². The van der Waals surface area contributed by atoms with Crippen molar-refractivity contribution in [2.24, 2.45) is 0 Å². The standard InChI is InChI=1S/C17H17N3O7/c1-25-13-8-11(9-14(26-2)15(13)27-3)19-17(22)16(21)18-10-4-6-12(7-5-10)20(23)24/h4-9H,1-3H3,(H,18,21)(H,19,22). The summed E-state index contributed by atoms with van der Waals surface area (Å²) in [7, 11) is 4.28. The van der Waals surface area contributed by atoms with E-state index in [1.54, 1.807) is 0 Å². The Kier molecular flexibility index (Phi) is 6.15. The van der Waals surface area contributed by atoms with Gasteiger partial charge in [0.05, 0.1) is 26.3 Å². The Morgan fingerprint density at radius 3 is 1.74 bits per heavy atom. The van der Waals surface area contributed by atoms with Crippen molar-refractivity contribution in [3.63, 3.8) is 0 Å². The van der Waals surface area contributed by atoms with Gasteiger partial charge in [-0.1, -0.05) is 0 Å². The average Bonchev–Trinajstić information content (AvgIpc) is 2.67. The molecule has 0 aliphatic heterocycles. The molecule has 0 aromatic heterocycles. The first-order valence-electron chi connectivity index (χ1n) is 7.56. The number of hydrogen-bond acceptors (Lipinski definition) is 7. The van der Waals surface area contributed by atoms with E-state index in [1.165, 1.54) is 57.7 Å². The van der Waals surface area contributed by atoms with Crippen LogP contribution in [0.1, 0.15) is 0 Å². The van der Waals surface area contributed by atoms with Crippen molar-refractivity contribution in [1.29, 1.82) is 0 Å². The smallest absolute Gasteiger partial charge is 0.314 e. The topological polar surface area (TPSA) is 129 Å². The lowest BCUT2D eigenvalue weighted by Gasteiger charge is -2.14. The lowest BCUT2D eigenvalue weighted by atomic mass is 10.2. The summed E-state index contributed by atoms with van der Waals surface area (Å²) >= 11 is 0. The molecule has 0 heterocycles. The molecule has 0 radical (unpaired) electrons. The van der Waals surface area contributed by atoms with Crippen molar-refractivity contribution >= 4 is 28.9 Å². The van der Waals surface area contributed by atoms with Gasteiger partial charge >= 0.3 is 11.8 Å². The number of carbonyl (C=O) groups excluding carboxylic acids is 2. The molecule has 0 unspecified atom stereocenters. The van der Waals surface area contributed by atoms with Gasteiger partial charge in [-0.15, -0.1) is 0 Å². The minimum Gasteiger partial charge on any atom is -0.493 e. The Balaban J connectivity index is 2.11. The molecule has 0 aliphatic carbocycles. The summed E-state index contributed by atoms with van der Waals surface area (Å²) in [5, 5.41) is 15.4. The van der Waals surface area contributed by atoms with E-state index in [2.05, 4.69) is 10.6 Å². The highest BCUT2D eigenvalue weighted by molar-refractivity contribution is 6.43. The number of anilines is 2. The highest BCUT2D eigenvalue weighted by Crippen LogP contribution is 2.39. The zero-order valence-electron chi connectivity index (χ0n) is 14.8. The average molecular weight is 375 g/mol. The Morgan fingerprint density at radius 1 is 0.852 bits per heavy atom. The Bertz CT molecular complexity index is 840. The molecular weight excluding hydrogens is 358 g/mol. The number of methoxy groups -OCH3 is 3. The van der Waals surface area contributed by atoms with Crippen LogP contribution < -0.4 is 24.8 Å². The fourth-order valence-electron chi connectivity index (χ4n) is 2.20. The normalized spacial score (nSPS) is 9.89. The number of nitrogens with one attached hydrogen (secondary N) is 2. The molecule has 0 saturated heterocycles. The highest BCUT2D eigenvalue weighted by atomic mass is 16.6. The summed E-state index contributed by atoms with van der Waals surface area (Å²) in [5.41, 5.74) is 0.369. The van der Waals surface area contributed by atoms with Crippen molar-refractivity contribution in [2.75, 3.05) is 32.0 Å². The molecule has 2 aromatic rings. The molecule has 2 aromatic carbocycles. The van der Waals surface area contributed by atoms with Crippen molar-refractivity contribution in [2.45, 2.75) is 0 Å². The number of ether oxygens (including phenoxy) is 3. The number of rotatable bonds is 6. The van der Waals surface area contributed by atoms with E-state index in [1.807, 2.05) is 0 Å². The Labute approximate surface area is 154 Å². The molecule has 2 rings (SSSR count). The Morgan fingerprint density at radius 2 is 1.33 bits per heavy atom. The van der Waals surface area contributed by atoms with Crippen molar-refractivity contribution in [1.82, 2.24) is 0 Å². The van der Waals surface area contributed by atoms with Gasteiger partial charge in [0.25, 0.3) is 5.69 Å². The summed E-state index contributed by atoms with van der Waals surface area (Å²) in [5.74, 6) is -0.931. The van der Waals surface area contributed by atoms with Crippen LogP contribution in [-0.4, -0.2) is 38.1 Å². The minimum absolute atomic E-state index is 0.130. The van der Waals surface area contributed by atoms with Gasteiger partial charge in [-0.2, -0.15) is 0 Å². The molecule has 10 nitrogen and oxygen atoms in total. The van der Waals surface area contributed by atoms with Crippen molar-refractivity contribution in [3.8, 4) is 17.2 Å². The summed E-state index contributed by atoms with van der Waals surface area (Å²) in [6.45, 7) is 0. The molecule has 0 aliphatic rings. The molecule has 2 amide bonds. The molecule has 0 saturated carbocycles.